The molecule has 38 heavy (non-hydrogen) atoms. The lowest BCUT2D eigenvalue weighted by molar-refractivity contribution is 0.0539. The van der Waals surface area contributed by atoms with Crippen LogP contribution in [0, 0.1) is 11.6 Å². The Hall–Kier alpha value is -3.07. The standard InChI is InChI=1S/C29H26ClF3N2O3/c1-34-28(37)17-10-16-15(11-20(32)27(16)36)26(33)24(17)23-18-13-29(22-8-5-9-35-22,14-6-3-2-4-7-14)38-21(18)12-19(31)25(23)30/h2-4,6-7,10,12,20,22,27,35-36H,5,8-9,11,13H2,1H3,(H,34,37)/t20?,22-,27?,29-/m0/s1. The third-order valence-corrected chi connectivity index (χ3v) is 8.46. The molecule has 0 bridgehead atoms. The van der Waals surface area contributed by atoms with Gasteiger partial charge in [-0.1, -0.05) is 41.9 Å². The molecular formula is C29H26ClF3N2O3. The van der Waals surface area contributed by atoms with Crippen molar-refractivity contribution < 1.29 is 27.8 Å². The maximum atomic E-state index is 16.3. The molecule has 0 aromatic heterocycles. The first kappa shape index (κ1) is 25.2. The number of hydrogen-bond acceptors (Lipinski definition) is 4. The monoisotopic (exact) mass is 542 g/mol. The van der Waals surface area contributed by atoms with E-state index in [1.807, 2.05) is 30.3 Å². The summed E-state index contributed by atoms with van der Waals surface area (Å²) in [6.45, 7) is 0.800. The normalized spacial score (nSPS) is 25.7. The molecular weight excluding hydrogens is 517 g/mol. The number of amides is 1. The molecule has 1 amide bonds. The van der Waals surface area contributed by atoms with Crippen LogP contribution in [-0.2, 0) is 18.4 Å². The second kappa shape index (κ2) is 9.29. The third-order valence-electron chi connectivity index (χ3n) is 8.09. The smallest absolute Gasteiger partial charge is 0.251 e. The molecule has 5 nitrogen and oxygen atoms in total. The molecule has 2 aliphatic heterocycles. The van der Waals surface area contributed by atoms with E-state index in [0.717, 1.165) is 24.9 Å². The van der Waals surface area contributed by atoms with Crippen LogP contribution in [0.3, 0.4) is 0 Å². The lowest BCUT2D eigenvalue weighted by atomic mass is 9.80. The summed E-state index contributed by atoms with van der Waals surface area (Å²) in [5.41, 5.74) is 0.00900. The van der Waals surface area contributed by atoms with Gasteiger partial charge in [-0.3, -0.25) is 4.79 Å². The minimum atomic E-state index is -1.72. The zero-order chi connectivity index (χ0) is 26.8. The quantitative estimate of drug-likeness (QED) is 0.426. The van der Waals surface area contributed by atoms with E-state index in [-0.39, 0.29) is 57.5 Å². The molecule has 3 aromatic carbocycles. The Morgan fingerprint density at radius 3 is 2.63 bits per heavy atom. The van der Waals surface area contributed by atoms with Gasteiger partial charge >= 0.3 is 0 Å². The van der Waals surface area contributed by atoms with Gasteiger partial charge in [0.2, 0.25) is 0 Å². The SMILES string of the molecule is CNC(=O)c1cc2c(c(F)c1-c1c(Cl)c(F)cc3c1C[C@](c1ccccc1)([C@@H]1CCCN1)O3)CC(F)C2O. The van der Waals surface area contributed by atoms with Gasteiger partial charge in [-0.25, -0.2) is 13.2 Å². The first-order valence-electron chi connectivity index (χ1n) is 12.7. The van der Waals surface area contributed by atoms with Gasteiger partial charge < -0.3 is 20.5 Å². The number of hydrogen-bond donors (Lipinski definition) is 3. The van der Waals surface area contributed by atoms with E-state index in [1.54, 1.807) is 0 Å². The summed E-state index contributed by atoms with van der Waals surface area (Å²) < 4.78 is 52.6. The van der Waals surface area contributed by atoms with E-state index >= 15 is 8.78 Å². The van der Waals surface area contributed by atoms with E-state index in [2.05, 4.69) is 10.6 Å². The van der Waals surface area contributed by atoms with Crippen LogP contribution in [-0.4, -0.2) is 36.8 Å². The molecule has 0 radical (unpaired) electrons. The lowest BCUT2D eigenvalue weighted by Crippen LogP contribution is -2.48. The Labute approximate surface area is 223 Å². The molecule has 9 heteroatoms. The van der Waals surface area contributed by atoms with Crippen molar-refractivity contribution in [3.8, 4) is 16.9 Å². The van der Waals surface area contributed by atoms with Crippen LogP contribution in [0.2, 0.25) is 5.02 Å². The van der Waals surface area contributed by atoms with Crippen LogP contribution in [0.25, 0.3) is 11.1 Å². The number of fused-ring (bicyclic) bond motifs is 2. The molecule has 2 unspecified atom stereocenters. The molecule has 2 heterocycles. The molecule has 0 spiro atoms. The van der Waals surface area contributed by atoms with E-state index < -0.39 is 35.4 Å². The molecule has 6 rings (SSSR count). The Bertz CT molecular complexity index is 1450. The number of benzene rings is 3. The van der Waals surface area contributed by atoms with Crippen molar-refractivity contribution in [1.82, 2.24) is 10.6 Å². The fraction of sp³-hybridized carbons (Fsp3) is 0.345. The average molecular weight is 543 g/mol. The van der Waals surface area contributed by atoms with Gasteiger partial charge in [0.1, 0.15) is 29.7 Å². The molecule has 4 atom stereocenters. The minimum Gasteiger partial charge on any atom is -0.480 e. The highest BCUT2D eigenvalue weighted by molar-refractivity contribution is 6.34. The van der Waals surface area contributed by atoms with Gasteiger partial charge in [0.25, 0.3) is 5.91 Å². The highest BCUT2D eigenvalue weighted by atomic mass is 35.5. The number of halogens is 4. The molecule has 1 aliphatic carbocycles. The molecule has 3 N–H and O–H groups in total. The van der Waals surface area contributed by atoms with Crippen LogP contribution in [0.1, 0.15) is 51.6 Å². The summed E-state index contributed by atoms with van der Waals surface area (Å²) in [7, 11) is 1.37. The number of carbonyl (C=O) groups excluding carboxylic acids is 1. The van der Waals surface area contributed by atoms with Crippen molar-refractivity contribution in [2.24, 2.45) is 0 Å². The molecule has 3 aliphatic rings. The van der Waals surface area contributed by atoms with Crippen molar-refractivity contribution >= 4 is 17.5 Å². The van der Waals surface area contributed by atoms with Gasteiger partial charge in [0.05, 0.1) is 16.6 Å². The van der Waals surface area contributed by atoms with Crippen molar-refractivity contribution in [2.45, 2.75) is 49.6 Å². The summed E-state index contributed by atoms with van der Waals surface area (Å²) in [5, 5.41) is 15.9. The second-order valence-corrected chi connectivity index (χ2v) is 10.5. The largest absolute Gasteiger partial charge is 0.480 e. The summed E-state index contributed by atoms with van der Waals surface area (Å²) >= 11 is 6.54. The molecule has 1 fully saturated rings. The zero-order valence-corrected chi connectivity index (χ0v) is 21.3. The number of rotatable bonds is 4. The zero-order valence-electron chi connectivity index (χ0n) is 20.6. The second-order valence-electron chi connectivity index (χ2n) is 10.1. The van der Waals surface area contributed by atoms with Crippen LogP contribution in [0.5, 0.6) is 5.75 Å². The van der Waals surface area contributed by atoms with E-state index in [4.69, 9.17) is 16.3 Å². The number of aliphatic hydroxyl groups excluding tert-OH is 1. The number of aliphatic hydroxyl groups is 1. The van der Waals surface area contributed by atoms with Gasteiger partial charge in [-0.2, -0.15) is 0 Å². The van der Waals surface area contributed by atoms with Crippen molar-refractivity contribution in [3.05, 3.63) is 86.9 Å². The van der Waals surface area contributed by atoms with E-state index in [9.17, 15) is 14.3 Å². The molecule has 0 saturated carbocycles. The van der Waals surface area contributed by atoms with Gasteiger partial charge in [0, 0.05) is 42.6 Å². The van der Waals surface area contributed by atoms with Crippen molar-refractivity contribution in [2.75, 3.05) is 13.6 Å². The van der Waals surface area contributed by atoms with Crippen molar-refractivity contribution in [1.29, 1.82) is 0 Å². The van der Waals surface area contributed by atoms with Gasteiger partial charge in [-0.05, 0) is 42.1 Å². The number of ether oxygens (including phenoxy) is 1. The first-order valence-corrected chi connectivity index (χ1v) is 13.0. The van der Waals surface area contributed by atoms with Gasteiger partial charge in [-0.15, -0.1) is 0 Å². The van der Waals surface area contributed by atoms with Gasteiger partial charge in [0.15, 0.2) is 5.60 Å². The maximum absolute atomic E-state index is 16.3. The van der Waals surface area contributed by atoms with Crippen LogP contribution >= 0.6 is 11.6 Å². The fourth-order valence-corrected chi connectivity index (χ4v) is 6.53. The number of nitrogens with one attached hydrogen (secondary N) is 2. The van der Waals surface area contributed by atoms with Crippen LogP contribution < -0.4 is 15.4 Å². The van der Waals surface area contributed by atoms with Crippen LogP contribution in [0.4, 0.5) is 13.2 Å². The van der Waals surface area contributed by atoms with Crippen LogP contribution in [0.15, 0.2) is 42.5 Å². The minimum absolute atomic E-state index is 0.00607. The number of carbonyl (C=O) groups is 1. The van der Waals surface area contributed by atoms with Crippen molar-refractivity contribution in [3.63, 3.8) is 0 Å². The third kappa shape index (κ3) is 3.65. The first-order chi connectivity index (χ1) is 18.3. The lowest BCUT2D eigenvalue weighted by Gasteiger charge is -2.35. The average Bonchev–Trinajstić information content (AvgIpc) is 3.65. The summed E-state index contributed by atoms with van der Waals surface area (Å²) in [6.07, 6.45) is -1.64. The predicted molar refractivity (Wildman–Crippen MR) is 137 cm³/mol. The topological polar surface area (TPSA) is 70.6 Å². The maximum Gasteiger partial charge on any atom is 0.251 e. The number of alkyl halides is 1. The Morgan fingerprint density at radius 1 is 1.18 bits per heavy atom. The molecule has 198 valence electrons. The Morgan fingerprint density at radius 2 is 1.95 bits per heavy atom. The molecule has 3 aromatic rings. The summed E-state index contributed by atoms with van der Waals surface area (Å²) in [6, 6.07) is 12.0. The highest BCUT2D eigenvalue weighted by Crippen LogP contribution is 2.53. The summed E-state index contributed by atoms with van der Waals surface area (Å²) in [5.74, 6) is -2.18. The van der Waals surface area contributed by atoms with E-state index in [1.165, 1.54) is 19.2 Å². The molecule has 1 saturated heterocycles. The fourth-order valence-electron chi connectivity index (χ4n) is 6.26. The van der Waals surface area contributed by atoms with E-state index in [0.29, 0.717) is 5.56 Å². The Kier molecular flexibility index (Phi) is 6.17. The highest BCUT2D eigenvalue weighted by Gasteiger charge is 2.50. The Balaban J connectivity index is 1.61. The summed E-state index contributed by atoms with van der Waals surface area (Å²) in [4.78, 5) is 13.0. The predicted octanol–water partition coefficient (Wildman–Crippen LogP) is 5.15.